The number of hydrogen-bond acceptors (Lipinski definition) is 9. The van der Waals surface area contributed by atoms with Crippen LogP contribution in [0.15, 0.2) is 30.3 Å². The molecule has 0 N–H and O–H groups in total. The lowest BCUT2D eigenvalue weighted by Gasteiger charge is -2.26. The van der Waals surface area contributed by atoms with Crippen LogP contribution in [0.3, 0.4) is 0 Å². The van der Waals surface area contributed by atoms with Gasteiger partial charge in [-0.1, -0.05) is 0 Å². The van der Waals surface area contributed by atoms with Gasteiger partial charge in [-0.05, 0) is 166 Å². The molecule has 0 atom stereocenters. The minimum atomic E-state index is -0.770. The maximum absolute atomic E-state index is 14.3. The Kier molecular flexibility index (Phi) is 12.1. The van der Waals surface area contributed by atoms with Crippen molar-refractivity contribution in [2.45, 2.75) is 114 Å². The fourth-order valence-corrected chi connectivity index (χ4v) is 5.52. The first kappa shape index (κ1) is 39.9. The van der Waals surface area contributed by atoms with Crippen LogP contribution in [-0.4, -0.2) is 55.0 Å². The summed E-state index contributed by atoms with van der Waals surface area (Å²) >= 11 is 0. The summed E-state index contributed by atoms with van der Waals surface area (Å²) in [5.41, 5.74) is 5.14. The Bertz CT molecular complexity index is 1760. The number of carbonyl (C=O) groups excluding carboxylic acids is 3. The molecule has 0 amide bonds. The first-order chi connectivity index (χ1) is 22.9. The van der Waals surface area contributed by atoms with E-state index >= 15 is 0 Å². The molecule has 9 heteroatoms. The van der Waals surface area contributed by atoms with Gasteiger partial charge < -0.3 is 28.4 Å². The Morgan fingerprint density at radius 3 is 1.36 bits per heavy atom. The van der Waals surface area contributed by atoms with E-state index in [4.69, 9.17) is 28.4 Å². The van der Waals surface area contributed by atoms with Crippen LogP contribution >= 0.6 is 0 Å². The number of carbonyl (C=O) groups is 3. The van der Waals surface area contributed by atoms with Crippen molar-refractivity contribution in [3.63, 3.8) is 0 Å². The van der Waals surface area contributed by atoms with Crippen molar-refractivity contribution in [1.82, 2.24) is 0 Å². The lowest BCUT2D eigenvalue weighted by molar-refractivity contribution is -0.158. The summed E-state index contributed by atoms with van der Waals surface area (Å²) < 4.78 is 34.5. The monoisotopic (exact) mass is 690 g/mol. The quantitative estimate of drug-likeness (QED) is 0.152. The maximum Gasteiger partial charge on any atom is 0.344 e. The van der Waals surface area contributed by atoms with Crippen LogP contribution in [0.4, 0.5) is 0 Å². The molecule has 0 fully saturated rings. The zero-order valence-electron chi connectivity index (χ0n) is 32.5. The van der Waals surface area contributed by atoms with Crippen molar-refractivity contribution in [1.29, 1.82) is 0 Å². The van der Waals surface area contributed by atoms with Crippen LogP contribution < -0.4 is 14.2 Å². The Balaban J connectivity index is 2.23. The maximum atomic E-state index is 14.3. The first-order valence-corrected chi connectivity index (χ1v) is 16.8. The van der Waals surface area contributed by atoms with Crippen LogP contribution in [0.25, 0.3) is 22.3 Å². The van der Waals surface area contributed by atoms with E-state index in [1.54, 1.807) is 48.7 Å². The molecule has 0 saturated carbocycles. The first-order valence-electron chi connectivity index (χ1n) is 16.8. The number of hydrogen-bond donors (Lipinski definition) is 0. The Labute approximate surface area is 297 Å². The summed E-state index contributed by atoms with van der Waals surface area (Å²) in [5, 5.41) is 0. The molecule has 272 valence electrons. The van der Waals surface area contributed by atoms with Crippen LogP contribution in [0, 0.1) is 34.6 Å². The molecule has 3 aromatic rings. The number of esters is 3. The Morgan fingerprint density at radius 1 is 0.520 bits per heavy atom. The van der Waals surface area contributed by atoms with Crippen molar-refractivity contribution < 1.29 is 42.8 Å². The third-order valence-corrected chi connectivity index (χ3v) is 7.50. The highest BCUT2D eigenvalue weighted by molar-refractivity contribution is 6.06. The third kappa shape index (κ3) is 10.5. The lowest BCUT2D eigenvalue weighted by atomic mass is 9.84. The predicted octanol–water partition coefficient (Wildman–Crippen LogP) is 8.97. The SMILES string of the molecule is COc1cc(-c2cc(C)c(OCC(=O)OC(C)(C)C)cc2C)c(C(=O)OC(C)(C)C)c(-c2cc(C)c(OCC(=O)OC(C)(C)C)cc2C)c1C. The average Bonchev–Trinajstić information content (AvgIpc) is 2.95. The molecule has 0 aliphatic rings. The molecule has 0 aromatic heterocycles. The van der Waals surface area contributed by atoms with Gasteiger partial charge in [0.25, 0.3) is 0 Å². The van der Waals surface area contributed by atoms with E-state index < -0.39 is 34.7 Å². The van der Waals surface area contributed by atoms with E-state index in [-0.39, 0.29) is 13.2 Å². The largest absolute Gasteiger partial charge is 0.496 e. The second kappa shape index (κ2) is 15.2. The van der Waals surface area contributed by atoms with E-state index in [0.29, 0.717) is 33.9 Å². The van der Waals surface area contributed by atoms with Crippen LogP contribution in [-0.2, 0) is 23.8 Å². The number of benzene rings is 3. The van der Waals surface area contributed by atoms with Gasteiger partial charge in [-0.3, -0.25) is 0 Å². The molecule has 0 aliphatic carbocycles. The molecule has 9 nitrogen and oxygen atoms in total. The number of ether oxygens (including phenoxy) is 6. The second-order valence-corrected chi connectivity index (χ2v) is 15.6. The van der Waals surface area contributed by atoms with Gasteiger partial charge in [-0.2, -0.15) is 0 Å². The summed E-state index contributed by atoms with van der Waals surface area (Å²) in [6.07, 6.45) is 0. The van der Waals surface area contributed by atoms with Crippen LogP contribution in [0.5, 0.6) is 17.2 Å². The molecule has 50 heavy (non-hydrogen) atoms. The van der Waals surface area contributed by atoms with Crippen LogP contribution in [0.2, 0.25) is 0 Å². The third-order valence-electron chi connectivity index (χ3n) is 7.50. The van der Waals surface area contributed by atoms with Crippen LogP contribution in [0.1, 0.15) is 100 Å². The summed E-state index contributed by atoms with van der Waals surface area (Å²) in [5.74, 6) is 0.232. The van der Waals surface area contributed by atoms with E-state index in [2.05, 4.69) is 0 Å². The summed E-state index contributed by atoms with van der Waals surface area (Å²) in [4.78, 5) is 39.1. The fourth-order valence-electron chi connectivity index (χ4n) is 5.52. The standard InChI is InChI=1S/C41H54O9/c1-23-18-31(46-21-34(42)48-39(6,7)8)25(3)16-28(23)30-20-33(45-15)27(5)36(37(30)38(44)50-41(12,13)14)29-17-26(4)32(19-24(29)2)47-22-35(43)49-40(9,10)11/h16-20H,21-22H2,1-15H3. The number of aryl methyl sites for hydroxylation is 4. The minimum absolute atomic E-state index is 0.237. The topological polar surface area (TPSA) is 107 Å². The molecule has 0 unspecified atom stereocenters. The molecular weight excluding hydrogens is 636 g/mol. The minimum Gasteiger partial charge on any atom is -0.496 e. The van der Waals surface area contributed by atoms with Gasteiger partial charge >= 0.3 is 17.9 Å². The molecule has 0 heterocycles. The van der Waals surface area contributed by atoms with Gasteiger partial charge in [0.15, 0.2) is 13.2 Å². The average molecular weight is 691 g/mol. The highest BCUT2D eigenvalue weighted by atomic mass is 16.6. The van der Waals surface area contributed by atoms with Gasteiger partial charge in [0, 0.05) is 11.1 Å². The molecule has 0 saturated heterocycles. The molecule has 0 aliphatic heterocycles. The highest BCUT2D eigenvalue weighted by Crippen LogP contribution is 2.45. The van der Waals surface area contributed by atoms with E-state index in [1.807, 2.05) is 85.7 Å². The fraction of sp³-hybridized carbons (Fsp3) is 0.488. The second-order valence-electron chi connectivity index (χ2n) is 15.6. The van der Waals surface area contributed by atoms with Crippen molar-refractivity contribution in [3.05, 3.63) is 63.7 Å². The smallest absolute Gasteiger partial charge is 0.344 e. The van der Waals surface area contributed by atoms with E-state index in [1.165, 1.54) is 0 Å². The van der Waals surface area contributed by atoms with Crippen molar-refractivity contribution in [2.75, 3.05) is 20.3 Å². The van der Waals surface area contributed by atoms with Crippen molar-refractivity contribution >= 4 is 17.9 Å². The molecule has 0 spiro atoms. The van der Waals surface area contributed by atoms with Gasteiger partial charge in [0.1, 0.15) is 34.1 Å². The van der Waals surface area contributed by atoms with Gasteiger partial charge in [0.2, 0.25) is 0 Å². The van der Waals surface area contributed by atoms with Crippen molar-refractivity contribution in [3.8, 4) is 39.5 Å². The lowest BCUT2D eigenvalue weighted by Crippen LogP contribution is -2.27. The van der Waals surface area contributed by atoms with Gasteiger partial charge in [0.05, 0.1) is 12.7 Å². The zero-order valence-corrected chi connectivity index (χ0v) is 32.5. The summed E-state index contributed by atoms with van der Waals surface area (Å²) in [6.45, 7) is 25.4. The van der Waals surface area contributed by atoms with E-state index in [9.17, 15) is 14.4 Å². The molecular formula is C41H54O9. The summed E-state index contributed by atoms with van der Waals surface area (Å²) in [7, 11) is 1.60. The molecule has 0 radical (unpaired) electrons. The number of rotatable bonds is 10. The molecule has 3 aromatic carbocycles. The Hall–Kier alpha value is -4.53. The summed E-state index contributed by atoms with van der Waals surface area (Å²) in [6, 6.07) is 9.46. The highest BCUT2D eigenvalue weighted by Gasteiger charge is 2.30. The number of methoxy groups -OCH3 is 1. The normalized spacial score (nSPS) is 11.9. The zero-order chi connectivity index (χ0) is 37.9. The molecule has 0 bridgehead atoms. The predicted molar refractivity (Wildman–Crippen MR) is 195 cm³/mol. The molecule has 3 rings (SSSR count). The van der Waals surface area contributed by atoms with Gasteiger partial charge in [-0.25, -0.2) is 14.4 Å². The van der Waals surface area contributed by atoms with Gasteiger partial charge in [-0.15, -0.1) is 0 Å². The Morgan fingerprint density at radius 2 is 0.940 bits per heavy atom. The van der Waals surface area contributed by atoms with Crippen molar-refractivity contribution in [2.24, 2.45) is 0 Å². The van der Waals surface area contributed by atoms with E-state index in [0.717, 1.165) is 38.9 Å².